The second-order valence-corrected chi connectivity index (χ2v) is 6.06. The highest BCUT2D eigenvalue weighted by molar-refractivity contribution is 7.80. The molecule has 3 rings (SSSR count). The molecule has 0 bridgehead atoms. The zero-order valence-electron chi connectivity index (χ0n) is 10.9. The van der Waals surface area contributed by atoms with Crippen LogP contribution in [0.15, 0.2) is 18.2 Å². The summed E-state index contributed by atoms with van der Waals surface area (Å²) in [6.45, 7) is 0.963. The molecular weight excluding hydrogens is 259 g/mol. The molecule has 1 saturated carbocycles. The molecule has 0 spiro atoms. The Morgan fingerprint density at radius 2 is 2.05 bits per heavy atom. The van der Waals surface area contributed by atoms with Crippen molar-refractivity contribution in [1.29, 1.82) is 0 Å². The van der Waals surface area contributed by atoms with E-state index in [-0.39, 0.29) is 10.8 Å². The maximum absolute atomic E-state index is 14.3. The fourth-order valence-electron chi connectivity index (χ4n) is 3.65. The Kier molecular flexibility index (Phi) is 3.44. The molecule has 0 radical (unpaired) electrons. The Hall–Kier alpha value is -1.16. The molecule has 2 atom stereocenters. The predicted molar refractivity (Wildman–Crippen MR) is 80.0 cm³/mol. The number of fused-ring (bicyclic) bond motifs is 1. The van der Waals surface area contributed by atoms with Crippen molar-refractivity contribution in [3.63, 3.8) is 0 Å². The van der Waals surface area contributed by atoms with E-state index >= 15 is 0 Å². The SMILES string of the molecule is NC(=S)c1ccc(N2CCCC3CCCC32)c(F)c1. The third-order valence-electron chi connectivity index (χ3n) is 4.53. The molecule has 2 fully saturated rings. The van der Waals surface area contributed by atoms with E-state index in [2.05, 4.69) is 4.90 Å². The van der Waals surface area contributed by atoms with Crippen LogP contribution in [0.5, 0.6) is 0 Å². The van der Waals surface area contributed by atoms with E-state index in [0.717, 1.165) is 24.6 Å². The quantitative estimate of drug-likeness (QED) is 0.842. The lowest BCUT2D eigenvalue weighted by molar-refractivity contribution is 0.359. The maximum atomic E-state index is 14.3. The van der Waals surface area contributed by atoms with E-state index in [1.54, 1.807) is 0 Å². The van der Waals surface area contributed by atoms with Gasteiger partial charge < -0.3 is 10.6 Å². The highest BCUT2D eigenvalue weighted by Crippen LogP contribution is 2.39. The van der Waals surface area contributed by atoms with Crippen molar-refractivity contribution in [2.24, 2.45) is 11.7 Å². The number of rotatable bonds is 2. The average Bonchev–Trinajstić information content (AvgIpc) is 2.86. The molecule has 2 nitrogen and oxygen atoms in total. The molecule has 2 aliphatic rings. The molecule has 4 heteroatoms. The molecule has 2 N–H and O–H groups in total. The van der Waals surface area contributed by atoms with Crippen LogP contribution in [0.3, 0.4) is 0 Å². The minimum Gasteiger partial charge on any atom is -0.389 e. The predicted octanol–water partition coefficient (Wildman–Crippen LogP) is 3.23. The lowest BCUT2D eigenvalue weighted by atomic mass is 9.91. The van der Waals surface area contributed by atoms with Crippen LogP contribution in [-0.4, -0.2) is 17.6 Å². The van der Waals surface area contributed by atoms with Gasteiger partial charge in [0.05, 0.1) is 5.69 Å². The summed E-state index contributed by atoms with van der Waals surface area (Å²) in [5.74, 6) is 0.557. The number of benzene rings is 1. The zero-order chi connectivity index (χ0) is 13.4. The third kappa shape index (κ3) is 2.34. The average molecular weight is 278 g/mol. The van der Waals surface area contributed by atoms with Crippen LogP contribution >= 0.6 is 12.2 Å². The van der Waals surface area contributed by atoms with Crippen LogP contribution in [0.2, 0.25) is 0 Å². The van der Waals surface area contributed by atoms with Crippen molar-refractivity contribution in [3.8, 4) is 0 Å². The van der Waals surface area contributed by atoms with Crippen molar-refractivity contribution >= 4 is 22.9 Å². The summed E-state index contributed by atoms with van der Waals surface area (Å²) < 4.78 is 14.3. The van der Waals surface area contributed by atoms with Gasteiger partial charge in [-0.25, -0.2) is 4.39 Å². The molecule has 1 aromatic carbocycles. The fourth-order valence-corrected chi connectivity index (χ4v) is 3.77. The zero-order valence-corrected chi connectivity index (χ0v) is 11.8. The Morgan fingerprint density at radius 1 is 1.26 bits per heavy atom. The highest BCUT2D eigenvalue weighted by atomic mass is 32.1. The Labute approximate surface area is 118 Å². The fraction of sp³-hybridized carbons (Fsp3) is 0.533. The topological polar surface area (TPSA) is 29.3 Å². The minimum atomic E-state index is -0.196. The summed E-state index contributed by atoms with van der Waals surface area (Å²) in [7, 11) is 0. The van der Waals surface area contributed by atoms with Crippen LogP contribution < -0.4 is 10.6 Å². The van der Waals surface area contributed by atoms with Gasteiger partial charge in [0.15, 0.2) is 0 Å². The van der Waals surface area contributed by atoms with Gasteiger partial charge in [0, 0.05) is 18.2 Å². The van der Waals surface area contributed by atoms with E-state index in [9.17, 15) is 4.39 Å². The summed E-state index contributed by atoms with van der Waals surface area (Å²) in [6.07, 6.45) is 6.23. The Balaban J connectivity index is 1.90. The van der Waals surface area contributed by atoms with Gasteiger partial charge in [-0.2, -0.15) is 0 Å². The largest absolute Gasteiger partial charge is 0.389 e. The molecule has 2 unspecified atom stereocenters. The van der Waals surface area contributed by atoms with E-state index in [0.29, 0.717) is 11.6 Å². The molecule has 1 aliphatic carbocycles. The minimum absolute atomic E-state index is 0.196. The van der Waals surface area contributed by atoms with Crippen LogP contribution in [-0.2, 0) is 0 Å². The molecular formula is C15H19FN2S. The van der Waals surface area contributed by atoms with Gasteiger partial charge in [-0.15, -0.1) is 0 Å². The first-order valence-electron chi connectivity index (χ1n) is 7.03. The normalized spacial score (nSPS) is 26.3. The molecule has 19 heavy (non-hydrogen) atoms. The van der Waals surface area contributed by atoms with Crippen molar-refractivity contribution < 1.29 is 4.39 Å². The Bertz CT molecular complexity index is 503. The second-order valence-electron chi connectivity index (χ2n) is 5.62. The van der Waals surface area contributed by atoms with Crippen molar-refractivity contribution in [2.45, 2.75) is 38.1 Å². The first-order chi connectivity index (χ1) is 9.16. The van der Waals surface area contributed by atoms with Gasteiger partial charge in [0.25, 0.3) is 0 Å². The molecule has 0 amide bonds. The van der Waals surface area contributed by atoms with Gasteiger partial charge in [-0.05, 0) is 49.8 Å². The van der Waals surface area contributed by atoms with E-state index in [4.69, 9.17) is 18.0 Å². The lowest BCUT2D eigenvalue weighted by Crippen LogP contribution is -2.43. The van der Waals surface area contributed by atoms with E-state index < -0.39 is 0 Å². The number of hydrogen-bond acceptors (Lipinski definition) is 2. The molecule has 1 saturated heterocycles. The number of anilines is 1. The molecule has 1 aliphatic heterocycles. The van der Waals surface area contributed by atoms with Gasteiger partial charge in [-0.1, -0.05) is 18.6 Å². The van der Waals surface area contributed by atoms with Crippen LogP contribution in [0, 0.1) is 11.7 Å². The number of thiocarbonyl (C=S) groups is 1. The first kappa shape index (κ1) is 12.9. The van der Waals surface area contributed by atoms with E-state index in [1.165, 1.54) is 31.7 Å². The highest BCUT2D eigenvalue weighted by Gasteiger charge is 2.35. The van der Waals surface area contributed by atoms with Gasteiger partial charge >= 0.3 is 0 Å². The van der Waals surface area contributed by atoms with Crippen molar-refractivity contribution in [1.82, 2.24) is 0 Å². The van der Waals surface area contributed by atoms with Crippen molar-refractivity contribution in [2.75, 3.05) is 11.4 Å². The summed E-state index contributed by atoms with van der Waals surface area (Å²) in [6, 6.07) is 5.67. The molecule has 0 aromatic heterocycles. The standard InChI is InChI=1S/C15H19FN2S/c16-12-9-11(15(17)19)6-7-14(12)18-8-2-4-10-3-1-5-13(10)18/h6-7,9-10,13H,1-5,8H2,(H2,17,19). The number of hydrogen-bond donors (Lipinski definition) is 1. The van der Waals surface area contributed by atoms with Gasteiger partial charge in [0.2, 0.25) is 0 Å². The second kappa shape index (κ2) is 5.08. The number of piperidine rings is 1. The first-order valence-corrected chi connectivity index (χ1v) is 7.43. The van der Waals surface area contributed by atoms with Crippen LogP contribution in [0.1, 0.15) is 37.7 Å². The molecule has 1 aromatic rings. The van der Waals surface area contributed by atoms with Crippen LogP contribution in [0.25, 0.3) is 0 Å². The van der Waals surface area contributed by atoms with Crippen LogP contribution in [0.4, 0.5) is 10.1 Å². The smallest absolute Gasteiger partial charge is 0.147 e. The summed E-state index contributed by atoms with van der Waals surface area (Å²) >= 11 is 4.89. The maximum Gasteiger partial charge on any atom is 0.147 e. The number of nitrogens with zero attached hydrogens (tertiary/aromatic N) is 1. The number of halogens is 1. The lowest BCUT2D eigenvalue weighted by Gasteiger charge is -2.39. The molecule has 1 heterocycles. The van der Waals surface area contributed by atoms with Gasteiger partial charge in [0.1, 0.15) is 10.8 Å². The summed E-state index contributed by atoms with van der Waals surface area (Å²) in [5.41, 5.74) is 6.87. The number of nitrogens with two attached hydrogens (primary N) is 1. The van der Waals surface area contributed by atoms with E-state index in [1.807, 2.05) is 12.1 Å². The monoisotopic (exact) mass is 278 g/mol. The molecule has 102 valence electrons. The third-order valence-corrected chi connectivity index (χ3v) is 4.77. The summed E-state index contributed by atoms with van der Waals surface area (Å²) in [4.78, 5) is 2.52. The van der Waals surface area contributed by atoms with Crippen molar-refractivity contribution in [3.05, 3.63) is 29.6 Å². The van der Waals surface area contributed by atoms with Gasteiger partial charge in [-0.3, -0.25) is 0 Å². The Morgan fingerprint density at radius 3 is 2.79 bits per heavy atom. The summed E-state index contributed by atoms with van der Waals surface area (Å²) in [5, 5.41) is 0.